The number of hydrogen-bond acceptors (Lipinski definition) is 15. The number of nitrogens with two attached hydrogens (primary N) is 1. The van der Waals surface area contributed by atoms with E-state index in [2.05, 4.69) is 20.5 Å². The molecule has 0 bridgehead atoms. The molecule has 0 aliphatic carbocycles. The topological polar surface area (TPSA) is 242 Å². The predicted molar refractivity (Wildman–Crippen MR) is 158 cm³/mol. The van der Waals surface area contributed by atoms with Gasteiger partial charge in [0.2, 0.25) is 0 Å². The van der Waals surface area contributed by atoms with Crippen LogP contribution in [0.15, 0.2) is 108 Å². The molecule has 5 aromatic carbocycles. The minimum atomic E-state index is -4.94. The molecule has 5 aromatic rings. The third-order valence-corrected chi connectivity index (χ3v) is 8.59. The SMILES string of the molecule is COc1ccc(N=Nc2ccc(N=Nc3c(S[O-])cc4cc(S(=O)(=O)[O-])c(N)cc4c3O)c3cc(S(=O)(=O)[O-])ccc23)cc1.[Li+].[Li+].[Li+]. The molecule has 5 rings (SSSR count). The molecule has 0 aliphatic rings. The summed E-state index contributed by atoms with van der Waals surface area (Å²) in [5.41, 5.74) is 5.83. The van der Waals surface area contributed by atoms with Crippen molar-refractivity contribution in [1.82, 2.24) is 0 Å². The van der Waals surface area contributed by atoms with Crippen LogP contribution in [-0.2, 0) is 20.2 Å². The molecule has 0 atom stereocenters. The number of phenols is 1. The molecule has 3 N–H and O–H groups in total. The van der Waals surface area contributed by atoms with Crippen LogP contribution in [-0.4, -0.2) is 42.7 Å². The number of nitrogens with zero attached hydrogens (tertiary/aromatic N) is 4. The van der Waals surface area contributed by atoms with E-state index in [0.29, 0.717) is 22.5 Å². The number of phenolic OH excluding ortho intramolecular Hbond substituents is 1. The molecule has 226 valence electrons. The Labute approximate surface area is 309 Å². The van der Waals surface area contributed by atoms with E-state index in [9.17, 15) is 35.6 Å². The van der Waals surface area contributed by atoms with Crippen LogP contribution < -0.4 is 67.1 Å². The molecule has 14 nitrogen and oxygen atoms in total. The Morgan fingerprint density at radius 3 is 1.94 bits per heavy atom. The van der Waals surface area contributed by atoms with Crippen LogP contribution in [0.5, 0.6) is 11.5 Å². The molecule has 47 heavy (non-hydrogen) atoms. The van der Waals surface area contributed by atoms with E-state index in [1.165, 1.54) is 31.4 Å². The van der Waals surface area contributed by atoms with Crippen LogP contribution in [0.2, 0.25) is 0 Å². The van der Waals surface area contributed by atoms with Gasteiger partial charge in [0.05, 0.1) is 34.0 Å². The summed E-state index contributed by atoms with van der Waals surface area (Å²) in [6.07, 6.45) is 0. The van der Waals surface area contributed by atoms with E-state index in [-0.39, 0.29) is 101 Å². The number of hydrogen-bond donors (Lipinski definition) is 2. The van der Waals surface area contributed by atoms with E-state index < -0.39 is 41.5 Å². The molecule has 0 saturated heterocycles. The van der Waals surface area contributed by atoms with Crippen molar-refractivity contribution in [3.05, 3.63) is 72.8 Å². The molecule has 20 heteroatoms. The summed E-state index contributed by atoms with van der Waals surface area (Å²) in [6.45, 7) is 0. The third kappa shape index (κ3) is 8.79. The summed E-state index contributed by atoms with van der Waals surface area (Å²) in [7, 11) is -8.28. The van der Waals surface area contributed by atoms with Crippen LogP contribution in [0.3, 0.4) is 0 Å². The van der Waals surface area contributed by atoms with Gasteiger partial charge in [0, 0.05) is 26.7 Å². The van der Waals surface area contributed by atoms with Crippen LogP contribution in [0.1, 0.15) is 0 Å². The number of azo groups is 2. The second-order valence-corrected chi connectivity index (χ2v) is 12.4. The van der Waals surface area contributed by atoms with E-state index in [4.69, 9.17) is 10.5 Å². The maximum atomic E-state index is 11.9. The summed E-state index contributed by atoms with van der Waals surface area (Å²) in [5.74, 6) is 0.0401. The van der Waals surface area contributed by atoms with Gasteiger partial charge in [-0.15, -0.1) is 15.3 Å². The average molecular weight is 673 g/mol. The van der Waals surface area contributed by atoms with Crippen molar-refractivity contribution in [3.63, 3.8) is 0 Å². The summed E-state index contributed by atoms with van der Waals surface area (Å²) in [5, 5.41) is 28.0. The molecule has 0 heterocycles. The van der Waals surface area contributed by atoms with Crippen molar-refractivity contribution in [2.75, 3.05) is 12.8 Å². The van der Waals surface area contributed by atoms with Crippen molar-refractivity contribution in [3.8, 4) is 11.5 Å². The summed E-state index contributed by atoms with van der Waals surface area (Å²) < 4.78 is 87.0. The van der Waals surface area contributed by atoms with Crippen molar-refractivity contribution in [1.29, 1.82) is 0 Å². The fourth-order valence-electron chi connectivity index (χ4n) is 4.26. The summed E-state index contributed by atoms with van der Waals surface area (Å²) in [6, 6.07) is 16.4. The van der Waals surface area contributed by atoms with Gasteiger partial charge in [0.15, 0.2) is 5.75 Å². The monoisotopic (exact) mass is 673 g/mol. The zero-order valence-electron chi connectivity index (χ0n) is 25.2. The van der Waals surface area contributed by atoms with E-state index in [0.717, 1.165) is 24.3 Å². The molecule has 0 spiro atoms. The van der Waals surface area contributed by atoms with E-state index in [1.807, 2.05) is 0 Å². The van der Waals surface area contributed by atoms with Crippen molar-refractivity contribution >= 4 is 82.3 Å². The van der Waals surface area contributed by atoms with Gasteiger partial charge in [0.1, 0.15) is 31.7 Å². The predicted octanol–water partition coefficient (Wildman–Crippen LogP) is -2.84. The van der Waals surface area contributed by atoms with E-state index >= 15 is 0 Å². The fraction of sp³-hybridized carbons (Fsp3) is 0.0370. The Balaban J connectivity index is 0.00000256. The molecule has 0 amide bonds. The fourth-order valence-corrected chi connectivity index (χ4v) is 5.76. The molecule has 0 aromatic heterocycles. The molecular formula is C27H18Li3N5O9S3. The first-order valence-electron chi connectivity index (χ1n) is 12.2. The van der Waals surface area contributed by atoms with Crippen LogP contribution in [0, 0.1) is 0 Å². The molecule has 0 aliphatic heterocycles. The van der Waals surface area contributed by atoms with Gasteiger partial charge >= 0.3 is 56.6 Å². The van der Waals surface area contributed by atoms with Gasteiger partial charge in [-0.1, -0.05) is 6.07 Å². The minimum Gasteiger partial charge on any atom is -0.795 e. The molecule has 0 fully saturated rings. The Bertz CT molecular complexity index is 2240. The first-order valence-corrected chi connectivity index (χ1v) is 15.7. The number of aromatic hydroxyl groups is 1. The average Bonchev–Trinajstić information content (AvgIpc) is 2.98. The second kappa shape index (κ2) is 16.0. The number of benzene rings is 5. The molecule has 0 radical (unpaired) electrons. The Kier molecular flexibility index (Phi) is 13.7. The normalized spacial score (nSPS) is 11.7. The number of methoxy groups -OCH3 is 1. The number of rotatable bonds is 8. The largest absolute Gasteiger partial charge is 1.00 e. The smallest absolute Gasteiger partial charge is 0.795 e. The van der Waals surface area contributed by atoms with Crippen molar-refractivity contribution in [2.45, 2.75) is 14.7 Å². The standard InChI is InChI=1S/C27H21N5O9S3.3Li/c1-41-16-4-2-15(3-5-16)29-30-22-8-9-23(20-12-17(43(35,36)37)6-7-18(20)22)31-32-26-24(42-34)10-14-11-25(44(38,39)40)21(28)13-19(14)27(26)33;;;/h2-13,33-34H,28H2,1H3,(H,35,36,37)(H,38,39,40);;;/q;3*+1/p-3. The Morgan fingerprint density at radius 2 is 1.36 bits per heavy atom. The van der Waals surface area contributed by atoms with Gasteiger partial charge in [0.25, 0.3) is 0 Å². The first-order chi connectivity index (χ1) is 20.8. The summed E-state index contributed by atoms with van der Waals surface area (Å²) >= 11 is -0.0827. The van der Waals surface area contributed by atoms with Gasteiger partial charge in [-0.05, 0) is 72.1 Å². The maximum Gasteiger partial charge on any atom is 1.00 e. The third-order valence-electron chi connectivity index (χ3n) is 6.37. The van der Waals surface area contributed by atoms with Gasteiger partial charge in [-0.25, -0.2) is 28.9 Å². The van der Waals surface area contributed by atoms with Gasteiger partial charge < -0.3 is 29.2 Å². The van der Waals surface area contributed by atoms with Crippen LogP contribution in [0.25, 0.3) is 21.5 Å². The van der Waals surface area contributed by atoms with Crippen LogP contribution in [0.4, 0.5) is 28.4 Å². The quantitative estimate of drug-likeness (QED) is 0.0559. The number of anilines is 1. The molecule has 0 saturated carbocycles. The minimum absolute atomic E-state index is 0. The maximum absolute atomic E-state index is 11.9. The molecule has 0 unspecified atom stereocenters. The van der Waals surface area contributed by atoms with Crippen molar-refractivity contribution < 1.29 is 96.9 Å². The first kappa shape index (κ1) is 40.3. The number of fused-ring (bicyclic) bond motifs is 2. The zero-order valence-corrected chi connectivity index (χ0v) is 27.7. The Morgan fingerprint density at radius 1 is 0.745 bits per heavy atom. The Hall–Kier alpha value is -2.86. The van der Waals surface area contributed by atoms with E-state index in [1.54, 1.807) is 24.3 Å². The van der Waals surface area contributed by atoms with Crippen molar-refractivity contribution in [2.24, 2.45) is 20.5 Å². The summed E-state index contributed by atoms with van der Waals surface area (Å²) in [4.78, 5) is -1.44. The van der Waals surface area contributed by atoms with Gasteiger partial charge in [-0.2, -0.15) is 5.11 Å². The number of nitrogen functional groups attached to an aromatic ring is 1. The number of ether oxygens (including phenoxy) is 1. The van der Waals surface area contributed by atoms with Gasteiger partial charge in [-0.3, -0.25) is 0 Å². The van der Waals surface area contributed by atoms with Crippen LogP contribution >= 0.6 is 12.0 Å². The zero-order chi connectivity index (χ0) is 31.8. The molecular weight excluding hydrogens is 655 g/mol. The second-order valence-electron chi connectivity index (χ2n) is 9.08.